The first kappa shape index (κ1) is 21.8. The van der Waals surface area contributed by atoms with E-state index in [1.807, 2.05) is 16.7 Å². The number of sulfonamides is 1. The van der Waals surface area contributed by atoms with Gasteiger partial charge in [0.05, 0.1) is 23.3 Å². The predicted molar refractivity (Wildman–Crippen MR) is 124 cm³/mol. The molecule has 0 unspecified atom stereocenters. The molecule has 32 heavy (non-hydrogen) atoms. The third-order valence-corrected chi connectivity index (χ3v) is 6.60. The van der Waals surface area contributed by atoms with Gasteiger partial charge in [0.25, 0.3) is 5.56 Å². The molecule has 0 spiro atoms. The number of halogens is 1. The van der Waals surface area contributed by atoms with Crippen molar-refractivity contribution in [2.45, 2.75) is 20.4 Å². The van der Waals surface area contributed by atoms with Gasteiger partial charge in [-0.25, -0.2) is 17.8 Å². The Labute approximate surface area is 185 Å². The second kappa shape index (κ2) is 8.23. The number of nitrogens with zero attached hydrogens (tertiary/aromatic N) is 3. The summed E-state index contributed by atoms with van der Waals surface area (Å²) >= 11 is 0. The zero-order valence-corrected chi connectivity index (χ0v) is 18.8. The van der Waals surface area contributed by atoms with E-state index in [2.05, 4.69) is 9.71 Å². The van der Waals surface area contributed by atoms with Crippen LogP contribution in [0.25, 0.3) is 22.2 Å². The molecule has 2 aromatic carbocycles. The summed E-state index contributed by atoms with van der Waals surface area (Å²) < 4.78 is 44.2. The van der Waals surface area contributed by atoms with Crippen molar-refractivity contribution in [3.63, 3.8) is 0 Å². The number of anilines is 1. The van der Waals surface area contributed by atoms with Gasteiger partial charge in [-0.3, -0.25) is 9.52 Å². The van der Waals surface area contributed by atoms with E-state index >= 15 is 0 Å². The lowest BCUT2D eigenvalue weighted by molar-refractivity contribution is 0.602. The third-order valence-electron chi connectivity index (χ3n) is 5.31. The van der Waals surface area contributed by atoms with Crippen LogP contribution in [-0.2, 0) is 23.6 Å². The summed E-state index contributed by atoms with van der Waals surface area (Å²) in [5.74, 6) is -0.411. The largest absolute Gasteiger partial charge is 0.326 e. The molecule has 166 valence electrons. The van der Waals surface area contributed by atoms with E-state index in [4.69, 9.17) is 0 Å². The minimum absolute atomic E-state index is 0.0817. The van der Waals surface area contributed by atoms with E-state index < -0.39 is 10.0 Å². The number of nitrogens with one attached hydrogen (secondary N) is 1. The quantitative estimate of drug-likeness (QED) is 0.482. The average molecular weight is 455 g/mol. The monoisotopic (exact) mass is 454 g/mol. The highest BCUT2D eigenvalue weighted by molar-refractivity contribution is 7.92. The van der Waals surface area contributed by atoms with Crippen molar-refractivity contribution in [3.8, 4) is 11.1 Å². The van der Waals surface area contributed by atoms with Crippen molar-refractivity contribution >= 4 is 26.7 Å². The normalized spacial score (nSPS) is 11.8. The smallest absolute Gasteiger partial charge is 0.253 e. The molecule has 0 fully saturated rings. The Morgan fingerprint density at radius 3 is 2.59 bits per heavy atom. The van der Waals surface area contributed by atoms with E-state index in [1.165, 1.54) is 16.7 Å². The molecule has 4 rings (SSSR count). The van der Waals surface area contributed by atoms with Crippen LogP contribution in [0.3, 0.4) is 0 Å². The second-order valence-electron chi connectivity index (χ2n) is 7.73. The highest BCUT2D eigenvalue weighted by Crippen LogP contribution is 2.31. The van der Waals surface area contributed by atoms with E-state index in [-0.39, 0.29) is 17.1 Å². The summed E-state index contributed by atoms with van der Waals surface area (Å²) in [5.41, 5.74) is 4.25. The molecule has 0 bridgehead atoms. The van der Waals surface area contributed by atoms with Gasteiger partial charge in [0.2, 0.25) is 10.0 Å². The van der Waals surface area contributed by atoms with Gasteiger partial charge in [-0.05, 0) is 60.9 Å². The molecule has 0 saturated heterocycles. The minimum Gasteiger partial charge on any atom is -0.326 e. The molecule has 2 heterocycles. The van der Waals surface area contributed by atoms with E-state index in [0.29, 0.717) is 28.8 Å². The first-order chi connectivity index (χ1) is 15.2. The van der Waals surface area contributed by atoms with Gasteiger partial charge in [-0.15, -0.1) is 0 Å². The summed E-state index contributed by atoms with van der Waals surface area (Å²) in [5, 5.41) is 0. The lowest BCUT2D eigenvalue weighted by Gasteiger charge is -2.13. The van der Waals surface area contributed by atoms with Crippen molar-refractivity contribution in [2.75, 3.05) is 10.5 Å². The molecule has 7 nitrogen and oxygen atoms in total. The summed E-state index contributed by atoms with van der Waals surface area (Å²) in [6.45, 7) is 3.66. The van der Waals surface area contributed by atoms with Crippen LogP contribution in [0.5, 0.6) is 0 Å². The van der Waals surface area contributed by atoms with Gasteiger partial charge in [0.1, 0.15) is 11.3 Å². The number of pyridine rings is 1. The summed E-state index contributed by atoms with van der Waals surface area (Å²) in [7, 11) is -1.87. The van der Waals surface area contributed by atoms with Gasteiger partial charge in [-0.1, -0.05) is 12.1 Å². The summed E-state index contributed by atoms with van der Waals surface area (Å²) in [6.07, 6.45) is 3.32. The predicted octanol–water partition coefficient (Wildman–Crippen LogP) is 3.66. The molecule has 9 heteroatoms. The van der Waals surface area contributed by atoms with E-state index in [0.717, 1.165) is 16.7 Å². The van der Waals surface area contributed by atoms with Crippen LogP contribution in [0.1, 0.15) is 18.1 Å². The maximum atomic E-state index is 13.7. The molecule has 0 radical (unpaired) electrons. The van der Waals surface area contributed by atoms with Crippen LogP contribution < -0.4 is 10.3 Å². The fraction of sp³-hybridized carbons (Fsp3) is 0.217. The first-order valence-electron chi connectivity index (χ1n) is 10.1. The van der Waals surface area contributed by atoms with E-state index in [9.17, 15) is 17.6 Å². The number of benzene rings is 2. The van der Waals surface area contributed by atoms with Gasteiger partial charge in [0.15, 0.2) is 0 Å². The van der Waals surface area contributed by atoms with E-state index in [1.54, 1.807) is 51.6 Å². The first-order valence-corrected chi connectivity index (χ1v) is 11.7. The Balaban J connectivity index is 1.91. The Morgan fingerprint density at radius 2 is 1.91 bits per heavy atom. The average Bonchev–Trinajstić information content (AvgIpc) is 3.14. The standard InChI is InChI=1S/C23H23FN4O3S/c1-4-32(30,31)26-20-10-17(18-8-15(2)23(29)27(3)13-18)11-21-22(20)25-14-28(21)12-16-6-5-7-19(24)9-16/h5-11,13-14,26H,4,12H2,1-3H3. The number of hydrogen-bond acceptors (Lipinski definition) is 4. The minimum atomic E-state index is -3.55. The third kappa shape index (κ3) is 4.29. The fourth-order valence-corrected chi connectivity index (χ4v) is 4.28. The molecule has 0 amide bonds. The zero-order valence-electron chi connectivity index (χ0n) is 18.0. The van der Waals surface area contributed by atoms with Crippen molar-refractivity contribution < 1.29 is 12.8 Å². The maximum absolute atomic E-state index is 13.7. The Morgan fingerprint density at radius 1 is 1.12 bits per heavy atom. The fourth-order valence-electron chi connectivity index (χ4n) is 3.64. The van der Waals surface area contributed by atoms with Gasteiger partial charge >= 0.3 is 0 Å². The van der Waals surface area contributed by atoms with Crippen molar-refractivity contribution in [1.82, 2.24) is 14.1 Å². The molecule has 0 aliphatic heterocycles. The number of aromatic nitrogens is 3. The molecular weight excluding hydrogens is 431 g/mol. The SMILES string of the molecule is CCS(=O)(=O)Nc1cc(-c2cc(C)c(=O)n(C)c2)cc2c1ncn2Cc1cccc(F)c1. The number of aryl methyl sites for hydroxylation is 2. The number of hydrogen-bond donors (Lipinski definition) is 1. The lowest BCUT2D eigenvalue weighted by Crippen LogP contribution is -2.18. The highest BCUT2D eigenvalue weighted by Gasteiger charge is 2.16. The molecule has 4 aromatic rings. The molecule has 0 saturated carbocycles. The lowest BCUT2D eigenvalue weighted by atomic mass is 10.0. The topological polar surface area (TPSA) is 86.0 Å². The van der Waals surface area contributed by atoms with Gasteiger partial charge in [0, 0.05) is 25.4 Å². The molecule has 0 aliphatic rings. The number of rotatable bonds is 6. The van der Waals surface area contributed by atoms with Crippen LogP contribution in [0, 0.1) is 12.7 Å². The van der Waals surface area contributed by atoms with Crippen LogP contribution in [-0.4, -0.2) is 28.3 Å². The molecule has 0 atom stereocenters. The van der Waals surface area contributed by atoms with Crippen LogP contribution >= 0.6 is 0 Å². The Bertz CT molecular complexity index is 1460. The van der Waals surface area contributed by atoms with Gasteiger partial charge < -0.3 is 9.13 Å². The van der Waals surface area contributed by atoms with Crippen LogP contribution in [0.4, 0.5) is 10.1 Å². The van der Waals surface area contributed by atoms with Crippen LogP contribution in [0.2, 0.25) is 0 Å². The maximum Gasteiger partial charge on any atom is 0.253 e. The molecule has 2 aromatic heterocycles. The summed E-state index contributed by atoms with van der Waals surface area (Å²) in [4.78, 5) is 16.6. The van der Waals surface area contributed by atoms with Crippen molar-refractivity contribution in [1.29, 1.82) is 0 Å². The highest BCUT2D eigenvalue weighted by atomic mass is 32.2. The Kier molecular flexibility index (Phi) is 5.60. The zero-order chi connectivity index (χ0) is 23.0. The van der Waals surface area contributed by atoms with Crippen LogP contribution in [0.15, 0.2) is 59.8 Å². The molecule has 0 aliphatic carbocycles. The Hall–Kier alpha value is -3.46. The number of imidazole rings is 1. The molecule has 1 N–H and O–H groups in total. The van der Waals surface area contributed by atoms with Crippen molar-refractivity contribution in [3.05, 3.63) is 82.3 Å². The second-order valence-corrected chi connectivity index (χ2v) is 9.74. The van der Waals surface area contributed by atoms with Crippen molar-refractivity contribution in [2.24, 2.45) is 7.05 Å². The summed E-state index contributed by atoms with van der Waals surface area (Å²) in [6, 6.07) is 11.7. The molecular formula is C23H23FN4O3S. The van der Waals surface area contributed by atoms with Gasteiger partial charge in [-0.2, -0.15) is 0 Å². The number of fused-ring (bicyclic) bond motifs is 1.